The van der Waals surface area contributed by atoms with Gasteiger partial charge in [0.15, 0.2) is 0 Å². The van der Waals surface area contributed by atoms with Crippen LogP contribution >= 0.6 is 0 Å². The second-order valence-corrected chi connectivity index (χ2v) is 2.58. The Morgan fingerprint density at radius 2 is 2.21 bits per heavy atom. The summed E-state index contributed by atoms with van der Waals surface area (Å²) in [4.78, 5) is 10.5. The van der Waals surface area contributed by atoms with E-state index >= 15 is 0 Å². The quantitative estimate of drug-likeness (QED) is 0.734. The van der Waals surface area contributed by atoms with Gasteiger partial charge in [-0.3, -0.25) is 0 Å². The lowest BCUT2D eigenvalue weighted by Gasteiger charge is -2.02. The van der Waals surface area contributed by atoms with Crippen LogP contribution in [0.15, 0.2) is 12.1 Å². The molecule has 0 heterocycles. The van der Waals surface area contributed by atoms with Gasteiger partial charge in [-0.15, -0.1) is 0 Å². The highest BCUT2D eigenvalue weighted by molar-refractivity contribution is 5.91. The zero-order chi connectivity index (χ0) is 10.7. The van der Waals surface area contributed by atoms with Crippen molar-refractivity contribution in [2.75, 3.05) is 0 Å². The van der Waals surface area contributed by atoms with Crippen LogP contribution in [-0.2, 0) is 6.61 Å². The number of carbonyl (C=O) groups is 1. The third-order valence-electron chi connectivity index (χ3n) is 1.67. The van der Waals surface area contributed by atoms with Gasteiger partial charge in [0, 0.05) is 0 Å². The number of benzene rings is 1. The SMILES string of the molecule is N#Cc1cc(CO)cc(F)c1C(=O)O. The second kappa shape index (κ2) is 3.85. The van der Waals surface area contributed by atoms with E-state index in [1.165, 1.54) is 0 Å². The van der Waals surface area contributed by atoms with Crippen LogP contribution in [0.4, 0.5) is 4.39 Å². The molecule has 0 fully saturated rings. The maximum Gasteiger partial charge on any atom is 0.340 e. The van der Waals surface area contributed by atoms with Gasteiger partial charge in [0.1, 0.15) is 17.4 Å². The lowest BCUT2D eigenvalue weighted by Crippen LogP contribution is -2.05. The maximum atomic E-state index is 13.1. The molecule has 0 aliphatic rings. The Balaban J connectivity index is 3.44. The van der Waals surface area contributed by atoms with Crippen molar-refractivity contribution in [1.82, 2.24) is 0 Å². The van der Waals surface area contributed by atoms with Crippen LogP contribution in [0, 0.1) is 17.1 Å². The topological polar surface area (TPSA) is 81.3 Å². The molecule has 0 unspecified atom stereocenters. The normalized spacial score (nSPS) is 9.50. The van der Waals surface area contributed by atoms with Gasteiger partial charge in [0.05, 0.1) is 12.2 Å². The van der Waals surface area contributed by atoms with Crippen molar-refractivity contribution in [2.45, 2.75) is 6.61 Å². The molecule has 0 spiro atoms. The Kier molecular flexibility index (Phi) is 2.79. The molecule has 0 radical (unpaired) electrons. The van der Waals surface area contributed by atoms with Crippen molar-refractivity contribution in [3.8, 4) is 6.07 Å². The van der Waals surface area contributed by atoms with Crippen molar-refractivity contribution in [1.29, 1.82) is 5.26 Å². The van der Waals surface area contributed by atoms with Gasteiger partial charge in [0.2, 0.25) is 0 Å². The van der Waals surface area contributed by atoms with Crippen LogP contribution in [-0.4, -0.2) is 16.2 Å². The molecule has 0 aliphatic carbocycles. The minimum Gasteiger partial charge on any atom is -0.478 e. The molecule has 1 aromatic rings. The number of nitriles is 1. The summed E-state index contributed by atoms with van der Waals surface area (Å²) in [5.74, 6) is -2.51. The zero-order valence-electron chi connectivity index (χ0n) is 6.99. The summed E-state index contributed by atoms with van der Waals surface area (Å²) in [6.07, 6.45) is 0. The third-order valence-corrected chi connectivity index (χ3v) is 1.67. The molecule has 0 atom stereocenters. The summed E-state index contributed by atoms with van der Waals surface area (Å²) in [6.45, 7) is -0.439. The van der Waals surface area contributed by atoms with E-state index in [1.807, 2.05) is 0 Å². The fourth-order valence-electron chi connectivity index (χ4n) is 1.06. The molecule has 1 rings (SSSR count). The lowest BCUT2D eigenvalue weighted by molar-refractivity contribution is 0.0691. The summed E-state index contributed by atoms with van der Waals surface area (Å²) in [5, 5.41) is 25.8. The van der Waals surface area contributed by atoms with E-state index < -0.39 is 24.0 Å². The van der Waals surface area contributed by atoms with Gasteiger partial charge in [-0.2, -0.15) is 5.26 Å². The van der Waals surface area contributed by atoms with Gasteiger partial charge in [-0.1, -0.05) is 0 Å². The molecule has 72 valence electrons. The predicted molar refractivity (Wildman–Crippen MR) is 44.0 cm³/mol. The van der Waals surface area contributed by atoms with Crippen molar-refractivity contribution < 1.29 is 19.4 Å². The second-order valence-electron chi connectivity index (χ2n) is 2.58. The van der Waals surface area contributed by atoms with E-state index in [1.54, 1.807) is 6.07 Å². The molecular formula is C9H6FNO3. The first-order valence-corrected chi connectivity index (χ1v) is 3.66. The zero-order valence-corrected chi connectivity index (χ0v) is 6.99. The highest BCUT2D eigenvalue weighted by Crippen LogP contribution is 2.16. The van der Waals surface area contributed by atoms with E-state index in [9.17, 15) is 9.18 Å². The average molecular weight is 195 g/mol. The van der Waals surface area contributed by atoms with Crippen LogP contribution in [0.5, 0.6) is 0 Å². The van der Waals surface area contributed by atoms with Crippen molar-refractivity contribution in [3.63, 3.8) is 0 Å². The number of aliphatic hydroxyl groups excluding tert-OH is 1. The molecule has 0 aromatic heterocycles. The summed E-state index contributed by atoms with van der Waals surface area (Å²) >= 11 is 0. The molecule has 0 amide bonds. The van der Waals surface area contributed by atoms with E-state index in [2.05, 4.69) is 0 Å². The number of hydrogen-bond acceptors (Lipinski definition) is 3. The number of hydrogen-bond donors (Lipinski definition) is 2. The fourth-order valence-corrected chi connectivity index (χ4v) is 1.06. The van der Waals surface area contributed by atoms with Gasteiger partial charge >= 0.3 is 5.97 Å². The van der Waals surface area contributed by atoms with Crippen LogP contribution in [0.1, 0.15) is 21.5 Å². The number of aromatic carboxylic acids is 1. The smallest absolute Gasteiger partial charge is 0.340 e. The molecule has 14 heavy (non-hydrogen) atoms. The number of nitrogens with zero attached hydrogens (tertiary/aromatic N) is 1. The Hall–Kier alpha value is -1.93. The molecule has 2 N–H and O–H groups in total. The fraction of sp³-hybridized carbons (Fsp3) is 0.111. The first-order valence-electron chi connectivity index (χ1n) is 3.66. The van der Waals surface area contributed by atoms with Gasteiger partial charge < -0.3 is 10.2 Å². The molecule has 5 heteroatoms. The lowest BCUT2D eigenvalue weighted by atomic mass is 10.0. The van der Waals surface area contributed by atoms with E-state index in [4.69, 9.17) is 15.5 Å². The Morgan fingerprint density at radius 1 is 1.57 bits per heavy atom. The van der Waals surface area contributed by atoms with E-state index in [-0.39, 0.29) is 11.1 Å². The van der Waals surface area contributed by atoms with Crippen LogP contribution in [0.25, 0.3) is 0 Å². The molecular weight excluding hydrogens is 189 g/mol. The minimum atomic E-state index is -1.50. The average Bonchev–Trinajstić information content (AvgIpc) is 2.15. The molecule has 0 saturated carbocycles. The monoisotopic (exact) mass is 195 g/mol. The summed E-state index contributed by atoms with van der Waals surface area (Å²) in [6, 6.07) is 3.60. The summed E-state index contributed by atoms with van der Waals surface area (Å²) in [7, 11) is 0. The van der Waals surface area contributed by atoms with Crippen molar-refractivity contribution in [2.24, 2.45) is 0 Å². The van der Waals surface area contributed by atoms with Gasteiger partial charge in [-0.05, 0) is 17.7 Å². The predicted octanol–water partition coefficient (Wildman–Crippen LogP) is 0.888. The number of rotatable bonds is 2. The Labute approximate surface area is 78.8 Å². The van der Waals surface area contributed by atoms with Crippen molar-refractivity contribution in [3.05, 3.63) is 34.6 Å². The molecule has 0 bridgehead atoms. The standard InChI is InChI=1S/C9H6FNO3/c10-7-2-5(4-12)1-6(3-11)8(7)9(13)14/h1-2,12H,4H2,(H,13,14). The van der Waals surface area contributed by atoms with Crippen LogP contribution in [0.2, 0.25) is 0 Å². The van der Waals surface area contributed by atoms with Gasteiger partial charge in [0.25, 0.3) is 0 Å². The van der Waals surface area contributed by atoms with E-state index in [0.29, 0.717) is 0 Å². The molecule has 1 aromatic carbocycles. The number of aliphatic hydroxyl groups is 1. The first-order chi connectivity index (χ1) is 6.60. The van der Waals surface area contributed by atoms with Crippen LogP contribution in [0.3, 0.4) is 0 Å². The van der Waals surface area contributed by atoms with E-state index in [0.717, 1.165) is 12.1 Å². The molecule has 0 saturated heterocycles. The molecule has 4 nitrogen and oxygen atoms in total. The summed E-state index contributed by atoms with van der Waals surface area (Å²) in [5.41, 5.74) is -0.782. The molecule has 0 aliphatic heterocycles. The Bertz CT molecular complexity index is 423. The maximum absolute atomic E-state index is 13.1. The van der Waals surface area contributed by atoms with Crippen LogP contribution < -0.4 is 0 Å². The Morgan fingerprint density at radius 3 is 2.64 bits per heavy atom. The minimum absolute atomic E-state index is 0.170. The number of halogens is 1. The largest absolute Gasteiger partial charge is 0.478 e. The van der Waals surface area contributed by atoms with Gasteiger partial charge in [-0.25, -0.2) is 9.18 Å². The number of carboxylic acid groups (broad SMARTS) is 1. The summed E-state index contributed by atoms with van der Waals surface area (Å²) < 4.78 is 13.1. The first kappa shape index (κ1) is 10.2. The number of carboxylic acids is 1. The highest BCUT2D eigenvalue weighted by Gasteiger charge is 2.16. The third kappa shape index (κ3) is 1.70. The van der Waals surface area contributed by atoms with Crippen molar-refractivity contribution >= 4 is 5.97 Å². The highest BCUT2D eigenvalue weighted by atomic mass is 19.1.